The summed E-state index contributed by atoms with van der Waals surface area (Å²) in [4.78, 5) is 4.27. The Bertz CT molecular complexity index is 497. The minimum Gasteiger partial charge on any atom is -0.369 e. The number of anilines is 1. The minimum absolute atomic E-state index is 0.888. The van der Waals surface area contributed by atoms with Crippen molar-refractivity contribution in [3.63, 3.8) is 0 Å². The molecule has 0 amide bonds. The van der Waals surface area contributed by atoms with Gasteiger partial charge in [0.15, 0.2) is 0 Å². The first-order valence-electron chi connectivity index (χ1n) is 5.65. The number of pyridine rings is 1. The van der Waals surface area contributed by atoms with Crippen LogP contribution in [0.1, 0.15) is 11.1 Å². The summed E-state index contributed by atoms with van der Waals surface area (Å²) in [6.45, 7) is 3.01. The smallest absolute Gasteiger partial charge is 0.140 e. The fourth-order valence-electron chi connectivity index (χ4n) is 1.71. The molecule has 88 valence electrons. The van der Waals surface area contributed by atoms with E-state index in [2.05, 4.69) is 57.4 Å². The standard InChI is InChI=1S/C14H15BrN2/c1-11-4-2-5-12(10-11)7-9-17-14-13(15)6-3-8-16-14/h2-6,8,10H,7,9H2,1H3,(H,16,17). The molecule has 17 heavy (non-hydrogen) atoms. The second-order valence-electron chi connectivity index (χ2n) is 4.00. The number of aromatic nitrogens is 1. The van der Waals surface area contributed by atoms with Gasteiger partial charge in [-0.2, -0.15) is 0 Å². The molecule has 0 saturated heterocycles. The summed E-state index contributed by atoms with van der Waals surface area (Å²) in [6.07, 6.45) is 2.80. The topological polar surface area (TPSA) is 24.9 Å². The third-order valence-corrected chi connectivity index (χ3v) is 3.19. The maximum Gasteiger partial charge on any atom is 0.140 e. The van der Waals surface area contributed by atoms with Gasteiger partial charge in [0.1, 0.15) is 5.82 Å². The summed E-state index contributed by atoms with van der Waals surface area (Å²) >= 11 is 3.47. The van der Waals surface area contributed by atoms with E-state index in [1.165, 1.54) is 11.1 Å². The minimum atomic E-state index is 0.888. The maximum absolute atomic E-state index is 4.27. The third kappa shape index (κ3) is 3.56. The van der Waals surface area contributed by atoms with Crippen LogP contribution < -0.4 is 5.32 Å². The fraction of sp³-hybridized carbons (Fsp3) is 0.214. The molecule has 2 aromatic rings. The fourth-order valence-corrected chi connectivity index (χ4v) is 2.10. The molecule has 1 heterocycles. The highest BCUT2D eigenvalue weighted by Crippen LogP contribution is 2.18. The lowest BCUT2D eigenvalue weighted by molar-refractivity contribution is 1.00. The lowest BCUT2D eigenvalue weighted by Gasteiger charge is -2.07. The molecule has 0 bridgehead atoms. The van der Waals surface area contributed by atoms with Crippen LogP contribution in [0.3, 0.4) is 0 Å². The quantitative estimate of drug-likeness (QED) is 0.926. The second kappa shape index (κ2) is 5.82. The Labute approximate surface area is 110 Å². The van der Waals surface area contributed by atoms with Gasteiger partial charge in [-0.25, -0.2) is 4.98 Å². The number of rotatable bonds is 4. The van der Waals surface area contributed by atoms with E-state index in [4.69, 9.17) is 0 Å². The predicted molar refractivity (Wildman–Crippen MR) is 75.3 cm³/mol. The highest BCUT2D eigenvalue weighted by atomic mass is 79.9. The van der Waals surface area contributed by atoms with Gasteiger partial charge in [-0.3, -0.25) is 0 Å². The molecular weight excluding hydrogens is 276 g/mol. The number of aryl methyl sites for hydroxylation is 1. The summed E-state index contributed by atoms with van der Waals surface area (Å²) in [5, 5.41) is 3.32. The lowest BCUT2D eigenvalue weighted by Crippen LogP contribution is -2.06. The first-order valence-corrected chi connectivity index (χ1v) is 6.45. The van der Waals surface area contributed by atoms with E-state index < -0.39 is 0 Å². The molecule has 1 aromatic heterocycles. The van der Waals surface area contributed by atoms with Gasteiger partial charge in [0, 0.05) is 12.7 Å². The van der Waals surface area contributed by atoms with Crippen LogP contribution in [0.2, 0.25) is 0 Å². The summed E-state index contributed by atoms with van der Waals surface area (Å²) in [5.74, 6) is 0.903. The van der Waals surface area contributed by atoms with Crippen LogP contribution in [0.25, 0.3) is 0 Å². The summed E-state index contributed by atoms with van der Waals surface area (Å²) < 4.78 is 1.00. The van der Waals surface area contributed by atoms with Gasteiger partial charge in [0.2, 0.25) is 0 Å². The van der Waals surface area contributed by atoms with Gasteiger partial charge < -0.3 is 5.32 Å². The molecule has 2 nitrogen and oxygen atoms in total. The molecule has 0 aliphatic heterocycles. The van der Waals surface area contributed by atoms with E-state index in [1.807, 2.05) is 12.1 Å². The third-order valence-electron chi connectivity index (χ3n) is 2.55. The number of nitrogens with one attached hydrogen (secondary N) is 1. The zero-order valence-corrected chi connectivity index (χ0v) is 11.4. The van der Waals surface area contributed by atoms with E-state index in [0.717, 1.165) is 23.3 Å². The van der Waals surface area contributed by atoms with E-state index in [1.54, 1.807) is 6.20 Å². The molecule has 0 saturated carbocycles. The van der Waals surface area contributed by atoms with Gasteiger partial charge in [0.25, 0.3) is 0 Å². The normalized spacial score (nSPS) is 10.2. The zero-order valence-electron chi connectivity index (χ0n) is 9.78. The van der Waals surface area contributed by atoms with Crippen molar-refractivity contribution in [3.8, 4) is 0 Å². The van der Waals surface area contributed by atoms with Crippen LogP contribution in [0.15, 0.2) is 47.1 Å². The van der Waals surface area contributed by atoms with Crippen molar-refractivity contribution in [2.45, 2.75) is 13.3 Å². The van der Waals surface area contributed by atoms with Crippen LogP contribution in [0, 0.1) is 6.92 Å². The van der Waals surface area contributed by atoms with E-state index in [-0.39, 0.29) is 0 Å². The Kier molecular flexibility index (Phi) is 4.15. The molecule has 0 unspecified atom stereocenters. The van der Waals surface area contributed by atoms with Crippen molar-refractivity contribution in [3.05, 3.63) is 58.2 Å². The van der Waals surface area contributed by atoms with Gasteiger partial charge >= 0.3 is 0 Å². The van der Waals surface area contributed by atoms with Crippen molar-refractivity contribution >= 4 is 21.7 Å². The van der Waals surface area contributed by atoms with Gasteiger partial charge in [-0.15, -0.1) is 0 Å². The molecule has 2 rings (SSSR count). The Hall–Kier alpha value is -1.35. The maximum atomic E-state index is 4.27. The molecule has 1 aromatic carbocycles. The van der Waals surface area contributed by atoms with Crippen LogP contribution in [0.4, 0.5) is 5.82 Å². The Balaban J connectivity index is 1.90. The molecule has 0 aliphatic carbocycles. The van der Waals surface area contributed by atoms with Crippen LogP contribution in [-0.4, -0.2) is 11.5 Å². The first-order chi connectivity index (χ1) is 8.25. The van der Waals surface area contributed by atoms with Gasteiger partial charge in [-0.05, 0) is 47.0 Å². The summed E-state index contributed by atoms with van der Waals surface area (Å²) in [5.41, 5.74) is 2.66. The van der Waals surface area contributed by atoms with Crippen LogP contribution >= 0.6 is 15.9 Å². The molecule has 0 spiro atoms. The number of benzene rings is 1. The van der Waals surface area contributed by atoms with Crippen molar-refractivity contribution in [2.75, 3.05) is 11.9 Å². The van der Waals surface area contributed by atoms with Crippen LogP contribution in [-0.2, 0) is 6.42 Å². The second-order valence-corrected chi connectivity index (χ2v) is 4.85. The molecule has 3 heteroatoms. The van der Waals surface area contributed by atoms with Crippen LogP contribution in [0.5, 0.6) is 0 Å². The Morgan fingerprint density at radius 1 is 1.24 bits per heavy atom. The number of hydrogen-bond donors (Lipinski definition) is 1. The average Bonchev–Trinajstić information content (AvgIpc) is 2.32. The van der Waals surface area contributed by atoms with Crippen molar-refractivity contribution in [1.29, 1.82) is 0 Å². The predicted octanol–water partition coefficient (Wildman–Crippen LogP) is 3.81. The molecule has 0 radical (unpaired) electrons. The van der Waals surface area contributed by atoms with Crippen molar-refractivity contribution in [1.82, 2.24) is 4.98 Å². The molecule has 1 N–H and O–H groups in total. The SMILES string of the molecule is Cc1cccc(CCNc2ncccc2Br)c1. The summed E-state index contributed by atoms with van der Waals surface area (Å²) in [7, 11) is 0. The Morgan fingerprint density at radius 3 is 2.88 bits per heavy atom. The zero-order chi connectivity index (χ0) is 12.1. The van der Waals surface area contributed by atoms with Crippen molar-refractivity contribution in [2.24, 2.45) is 0 Å². The Morgan fingerprint density at radius 2 is 2.12 bits per heavy atom. The van der Waals surface area contributed by atoms with Gasteiger partial charge in [-0.1, -0.05) is 29.8 Å². The van der Waals surface area contributed by atoms with Crippen molar-refractivity contribution < 1.29 is 0 Å². The molecule has 0 aliphatic rings. The summed E-state index contributed by atoms with van der Waals surface area (Å²) in [6, 6.07) is 12.5. The number of nitrogens with zero attached hydrogens (tertiary/aromatic N) is 1. The van der Waals surface area contributed by atoms with Gasteiger partial charge in [0.05, 0.1) is 4.47 Å². The first kappa shape index (κ1) is 12.1. The van der Waals surface area contributed by atoms with E-state index in [9.17, 15) is 0 Å². The number of halogens is 1. The largest absolute Gasteiger partial charge is 0.369 e. The number of hydrogen-bond acceptors (Lipinski definition) is 2. The monoisotopic (exact) mass is 290 g/mol. The lowest BCUT2D eigenvalue weighted by atomic mass is 10.1. The highest BCUT2D eigenvalue weighted by Gasteiger charge is 1.99. The average molecular weight is 291 g/mol. The molecular formula is C14H15BrN2. The molecule has 0 atom stereocenters. The van der Waals surface area contributed by atoms with E-state index >= 15 is 0 Å². The highest BCUT2D eigenvalue weighted by molar-refractivity contribution is 9.10. The molecule has 0 fully saturated rings. The van der Waals surface area contributed by atoms with E-state index in [0.29, 0.717) is 0 Å².